The molecule has 0 spiro atoms. The van der Waals surface area contributed by atoms with Crippen molar-refractivity contribution in [2.24, 2.45) is 11.3 Å². The van der Waals surface area contributed by atoms with Crippen LogP contribution in [0.3, 0.4) is 0 Å². The van der Waals surface area contributed by atoms with E-state index in [1.807, 2.05) is 0 Å². The minimum atomic E-state index is -3.13. The Hall–Kier alpha value is -0.130. The van der Waals surface area contributed by atoms with Crippen LogP contribution in [0.15, 0.2) is 0 Å². The van der Waals surface area contributed by atoms with Gasteiger partial charge in [0.05, 0.1) is 5.75 Å². The fourth-order valence-electron chi connectivity index (χ4n) is 1.38. The zero-order chi connectivity index (χ0) is 15.1. The summed E-state index contributed by atoms with van der Waals surface area (Å²) in [6.45, 7) is 14.0. The molecule has 116 valence electrons. The minimum absolute atomic E-state index is 0.00767. The lowest BCUT2D eigenvalue weighted by Crippen LogP contribution is -2.38. The highest BCUT2D eigenvalue weighted by Crippen LogP contribution is 2.24. The molecule has 0 aliphatic rings. The molecular formula is C14H32N2O2S. The minimum Gasteiger partial charge on any atom is -0.315 e. The Morgan fingerprint density at radius 2 is 1.63 bits per heavy atom. The van der Waals surface area contributed by atoms with Gasteiger partial charge in [0, 0.05) is 12.6 Å². The van der Waals surface area contributed by atoms with Gasteiger partial charge in [0.25, 0.3) is 0 Å². The zero-order valence-electron chi connectivity index (χ0n) is 13.4. The number of unbranched alkanes of at least 4 members (excludes halogenated alkanes) is 1. The first-order valence-corrected chi connectivity index (χ1v) is 8.93. The van der Waals surface area contributed by atoms with Gasteiger partial charge in [0.15, 0.2) is 0 Å². The van der Waals surface area contributed by atoms with Crippen LogP contribution in [-0.2, 0) is 10.0 Å². The summed E-state index contributed by atoms with van der Waals surface area (Å²) in [7, 11) is -3.13. The molecular weight excluding hydrogens is 260 g/mol. The average Bonchev–Trinajstić information content (AvgIpc) is 2.25. The van der Waals surface area contributed by atoms with Gasteiger partial charge in [-0.25, -0.2) is 13.1 Å². The summed E-state index contributed by atoms with van der Waals surface area (Å²) in [4.78, 5) is 0. The predicted molar refractivity (Wildman–Crippen MR) is 82.8 cm³/mol. The fourth-order valence-corrected chi connectivity index (χ4v) is 2.70. The monoisotopic (exact) mass is 292 g/mol. The molecule has 0 amide bonds. The fraction of sp³-hybridized carbons (Fsp3) is 1.00. The molecule has 0 saturated carbocycles. The van der Waals surface area contributed by atoms with E-state index in [1.54, 1.807) is 0 Å². The van der Waals surface area contributed by atoms with Crippen molar-refractivity contribution >= 4 is 10.0 Å². The van der Waals surface area contributed by atoms with Gasteiger partial charge in [-0.3, -0.25) is 0 Å². The molecule has 0 fully saturated rings. The van der Waals surface area contributed by atoms with Gasteiger partial charge in [0.2, 0.25) is 10.0 Å². The van der Waals surface area contributed by atoms with Crippen molar-refractivity contribution < 1.29 is 8.42 Å². The molecule has 0 radical (unpaired) electrons. The van der Waals surface area contributed by atoms with Crippen molar-refractivity contribution in [1.82, 2.24) is 10.0 Å². The van der Waals surface area contributed by atoms with Gasteiger partial charge >= 0.3 is 0 Å². The molecule has 0 aromatic rings. The van der Waals surface area contributed by atoms with Crippen molar-refractivity contribution in [3.05, 3.63) is 0 Å². The maximum absolute atomic E-state index is 11.9. The highest BCUT2D eigenvalue weighted by Gasteiger charge is 2.24. The molecule has 0 rings (SSSR count). The molecule has 0 aliphatic carbocycles. The predicted octanol–water partition coefficient (Wildman–Crippen LogP) is 2.37. The van der Waals surface area contributed by atoms with E-state index in [4.69, 9.17) is 0 Å². The van der Waals surface area contributed by atoms with Crippen LogP contribution in [0.2, 0.25) is 0 Å². The number of nitrogens with one attached hydrogen (secondary N) is 2. The molecule has 0 bridgehead atoms. The van der Waals surface area contributed by atoms with Crippen LogP contribution in [0.25, 0.3) is 0 Å². The topological polar surface area (TPSA) is 58.2 Å². The maximum Gasteiger partial charge on any atom is 0.211 e. The second-order valence-electron chi connectivity index (χ2n) is 6.60. The quantitative estimate of drug-likeness (QED) is 0.608. The second kappa shape index (κ2) is 8.22. The van der Waals surface area contributed by atoms with Gasteiger partial charge in [-0.1, -0.05) is 41.5 Å². The molecule has 0 aliphatic heterocycles. The molecule has 5 heteroatoms. The molecule has 0 aromatic heterocycles. The molecule has 0 aromatic carbocycles. The van der Waals surface area contributed by atoms with Crippen LogP contribution >= 0.6 is 0 Å². The summed E-state index contributed by atoms with van der Waals surface area (Å²) in [5, 5.41) is 3.29. The maximum atomic E-state index is 11.9. The summed E-state index contributed by atoms with van der Waals surface area (Å²) >= 11 is 0. The standard InChI is InChI=1S/C14H32N2O2S/c1-12(2)14(5,6)11-16-19(17,18)10-8-7-9-15-13(3)4/h12-13,15-16H,7-11H2,1-6H3. The van der Waals surface area contributed by atoms with Crippen molar-refractivity contribution in [1.29, 1.82) is 0 Å². The summed E-state index contributed by atoms with van der Waals surface area (Å²) in [5.41, 5.74) is -0.00767. The molecule has 0 heterocycles. The Morgan fingerprint density at radius 1 is 1.05 bits per heavy atom. The third kappa shape index (κ3) is 9.41. The van der Waals surface area contributed by atoms with E-state index in [2.05, 4.69) is 51.6 Å². The van der Waals surface area contributed by atoms with Crippen LogP contribution in [0, 0.1) is 11.3 Å². The smallest absolute Gasteiger partial charge is 0.211 e. The van der Waals surface area contributed by atoms with E-state index in [9.17, 15) is 8.42 Å². The first-order chi connectivity index (χ1) is 8.57. The highest BCUT2D eigenvalue weighted by molar-refractivity contribution is 7.89. The summed E-state index contributed by atoms with van der Waals surface area (Å²) in [6.07, 6.45) is 1.60. The van der Waals surface area contributed by atoms with E-state index in [1.165, 1.54) is 0 Å². The van der Waals surface area contributed by atoms with Crippen LogP contribution < -0.4 is 10.0 Å². The van der Waals surface area contributed by atoms with Crippen LogP contribution in [0.4, 0.5) is 0 Å². The first kappa shape index (κ1) is 18.9. The molecule has 19 heavy (non-hydrogen) atoms. The van der Waals surface area contributed by atoms with Crippen molar-refractivity contribution in [2.45, 2.75) is 60.4 Å². The number of sulfonamides is 1. The average molecular weight is 292 g/mol. The Bertz CT molecular complexity index is 335. The van der Waals surface area contributed by atoms with E-state index in [0.717, 1.165) is 13.0 Å². The van der Waals surface area contributed by atoms with Crippen molar-refractivity contribution in [3.8, 4) is 0 Å². The number of hydrogen-bond donors (Lipinski definition) is 2. The van der Waals surface area contributed by atoms with Crippen molar-refractivity contribution in [2.75, 3.05) is 18.8 Å². The Morgan fingerprint density at radius 3 is 2.11 bits per heavy atom. The Labute approximate surface area is 119 Å². The normalized spacial score (nSPS) is 13.5. The zero-order valence-corrected chi connectivity index (χ0v) is 14.2. The third-order valence-electron chi connectivity index (χ3n) is 3.70. The van der Waals surface area contributed by atoms with Crippen molar-refractivity contribution in [3.63, 3.8) is 0 Å². The van der Waals surface area contributed by atoms with E-state index >= 15 is 0 Å². The Balaban J connectivity index is 3.94. The second-order valence-corrected chi connectivity index (χ2v) is 8.53. The van der Waals surface area contributed by atoms with Gasteiger partial charge in [0.1, 0.15) is 0 Å². The summed E-state index contributed by atoms with van der Waals surface area (Å²) < 4.78 is 26.5. The van der Waals surface area contributed by atoms with Gasteiger partial charge in [-0.2, -0.15) is 0 Å². The molecule has 0 unspecified atom stereocenters. The molecule has 4 nitrogen and oxygen atoms in total. The van der Waals surface area contributed by atoms with Gasteiger partial charge < -0.3 is 5.32 Å². The SMILES string of the molecule is CC(C)NCCCCS(=O)(=O)NCC(C)(C)C(C)C. The van der Waals surface area contributed by atoms with Gasteiger partial charge in [-0.05, 0) is 30.7 Å². The lowest BCUT2D eigenvalue weighted by Gasteiger charge is -2.29. The van der Waals surface area contributed by atoms with Crippen LogP contribution in [0.5, 0.6) is 0 Å². The van der Waals surface area contributed by atoms with E-state index in [0.29, 0.717) is 24.9 Å². The molecule has 0 saturated heterocycles. The third-order valence-corrected chi connectivity index (χ3v) is 5.11. The molecule has 2 N–H and O–H groups in total. The van der Waals surface area contributed by atoms with Gasteiger partial charge in [-0.15, -0.1) is 0 Å². The van der Waals surface area contributed by atoms with Crippen LogP contribution in [0.1, 0.15) is 54.4 Å². The largest absolute Gasteiger partial charge is 0.315 e. The van der Waals surface area contributed by atoms with E-state index in [-0.39, 0.29) is 11.2 Å². The summed E-state index contributed by atoms with van der Waals surface area (Å²) in [6, 6.07) is 0.460. The first-order valence-electron chi connectivity index (χ1n) is 7.27. The lowest BCUT2D eigenvalue weighted by molar-refractivity contribution is 0.252. The molecule has 0 atom stereocenters. The highest BCUT2D eigenvalue weighted by atomic mass is 32.2. The summed E-state index contributed by atoms with van der Waals surface area (Å²) in [5.74, 6) is 0.673. The number of rotatable bonds is 10. The Kier molecular flexibility index (Phi) is 8.17. The van der Waals surface area contributed by atoms with Crippen LogP contribution in [-0.4, -0.2) is 33.3 Å². The number of hydrogen-bond acceptors (Lipinski definition) is 3. The lowest BCUT2D eigenvalue weighted by atomic mass is 9.81. The van der Waals surface area contributed by atoms with E-state index < -0.39 is 10.0 Å².